The molecule has 756 valence electrons. The second kappa shape index (κ2) is 52.2. The average molecular weight is 1980 g/mol. The number of amides is 8. The summed E-state index contributed by atoms with van der Waals surface area (Å²) in [6, 6.07) is 11.7. The minimum Gasteiger partial charge on any atom is -0.496 e. The molecule has 0 saturated carbocycles. The summed E-state index contributed by atoms with van der Waals surface area (Å²) in [6.07, 6.45) is 33.0. The first-order valence-electron chi connectivity index (χ1n) is 46.2. The first kappa shape index (κ1) is 111. The summed E-state index contributed by atoms with van der Waals surface area (Å²) >= 11 is 0. The van der Waals surface area contributed by atoms with Crippen LogP contribution < -0.4 is 40.2 Å². The Morgan fingerprint density at radius 1 is 0.387 bits per heavy atom. The normalized spacial score (nSPS) is 15.7. The van der Waals surface area contributed by atoms with E-state index in [1.807, 2.05) is 45.9 Å². The summed E-state index contributed by atoms with van der Waals surface area (Å²) in [5, 5.41) is 30.7. The quantitative estimate of drug-likeness (QED) is 0.0130. The molecule has 4 aliphatic heterocycles. The van der Waals surface area contributed by atoms with Gasteiger partial charge in [0.15, 0.2) is 16.6 Å². The van der Waals surface area contributed by atoms with Crippen molar-refractivity contribution in [2.24, 2.45) is 0 Å². The Kier molecular flexibility index (Phi) is 40.8. The van der Waals surface area contributed by atoms with E-state index in [0.29, 0.717) is 115 Å². The second-order valence-corrected chi connectivity index (χ2v) is 46.3. The molecule has 0 saturated heterocycles. The first-order chi connectivity index (χ1) is 67.7. The number of anilines is 4. The number of benzene rings is 4. The standard InChI is InChI=1S/2C29H40N4O5Si.2C23H26N4O5/c2*1-9-12-37-28(35)32-25-13-20(2)26(36-6)15-24(25)27(34)33-11-10-21(22-16-30-19-31-17-22)14-23(33)18-38-39(7,8)29(3,4)5;2*1-4-7-32-23(30)26-20-8-15(2)21(31-3)10-19(20)22(29)27-6-5-16(9-18(27)13-28)17-11-24-14-25-12-17/h9,13-17,19,23H,1,10-12,18H2,2-8H3,(H,32,35);9-10,13,15-17,19,23H,1,11-12,14,18H2,2-8H3,(H,32,35);4,8-12,14,18,28H,1,5-7,13H2,2-3H3,(H,26,30);4-5,8,10-12,14,18,28H,1,6-7,9,13H2,2-3H3,(H,26,30)/t2*23-;2*18-/m0000/s1. The Morgan fingerprint density at radius 3 is 0.937 bits per heavy atom. The molecule has 0 unspecified atom stereocenters. The van der Waals surface area contributed by atoms with Gasteiger partial charge in [0.05, 0.1) is 124 Å². The van der Waals surface area contributed by atoms with Gasteiger partial charge >= 0.3 is 24.4 Å². The minimum atomic E-state index is -2.10. The number of aromatic nitrogens is 8. The largest absolute Gasteiger partial charge is 0.496 e. The molecule has 36 nitrogen and oxygen atoms in total. The fourth-order valence-corrected chi connectivity index (χ4v) is 17.2. The summed E-state index contributed by atoms with van der Waals surface area (Å²) in [7, 11) is 1.94. The van der Waals surface area contributed by atoms with Gasteiger partial charge in [0.1, 0.15) is 74.7 Å². The van der Waals surface area contributed by atoms with Crippen molar-refractivity contribution in [2.45, 2.75) is 155 Å². The van der Waals surface area contributed by atoms with Crippen LogP contribution in [0.3, 0.4) is 0 Å². The number of aryl methyl sites for hydroxylation is 4. The van der Waals surface area contributed by atoms with E-state index in [9.17, 15) is 48.6 Å². The fraction of sp³-hybridized carbons (Fsp3) is 0.385. The van der Waals surface area contributed by atoms with Crippen molar-refractivity contribution < 1.29 is 95.3 Å². The van der Waals surface area contributed by atoms with Gasteiger partial charge in [-0.25, -0.2) is 59.0 Å². The number of methoxy groups -OCH3 is 4. The van der Waals surface area contributed by atoms with Crippen molar-refractivity contribution in [3.8, 4) is 23.0 Å². The third kappa shape index (κ3) is 29.8. The van der Waals surface area contributed by atoms with Crippen LogP contribution in [0, 0.1) is 27.7 Å². The Labute approximate surface area is 832 Å². The molecule has 6 N–H and O–H groups in total. The summed E-state index contributed by atoms with van der Waals surface area (Å²) in [5.41, 5.74) is 13.0. The van der Waals surface area contributed by atoms with E-state index in [1.165, 1.54) is 63.8 Å². The summed E-state index contributed by atoms with van der Waals surface area (Å²) < 4.78 is 55.1. The Balaban J connectivity index is 0.000000212. The topological polar surface area (TPSA) is 434 Å². The molecular weight excluding hydrogens is 1850 g/mol. The monoisotopic (exact) mass is 1980 g/mol. The van der Waals surface area contributed by atoms with Gasteiger partial charge in [0.2, 0.25) is 0 Å². The van der Waals surface area contributed by atoms with Crippen LogP contribution >= 0.6 is 0 Å². The van der Waals surface area contributed by atoms with Crippen molar-refractivity contribution in [2.75, 3.05) is 129 Å². The summed E-state index contributed by atoms with van der Waals surface area (Å²) in [6.45, 7) is 45.3. The van der Waals surface area contributed by atoms with Crippen LogP contribution in [0.5, 0.6) is 23.0 Å². The van der Waals surface area contributed by atoms with Gasteiger partial charge in [0.25, 0.3) is 23.6 Å². The van der Waals surface area contributed by atoms with Gasteiger partial charge in [-0.3, -0.25) is 40.4 Å². The van der Waals surface area contributed by atoms with Crippen molar-refractivity contribution in [3.05, 3.63) is 265 Å². The van der Waals surface area contributed by atoms with Crippen LogP contribution in [0.1, 0.15) is 153 Å². The second-order valence-electron chi connectivity index (χ2n) is 36.6. The number of hydrogen-bond donors (Lipinski definition) is 6. The van der Waals surface area contributed by atoms with Crippen LogP contribution in [-0.2, 0) is 27.8 Å². The third-order valence-corrected chi connectivity index (χ3v) is 34.1. The molecule has 4 atom stereocenters. The zero-order valence-electron chi connectivity index (χ0n) is 84.2. The smallest absolute Gasteiger partial charge is 0.411 e. The highest BCUT2D eigenvalue weighted by atomic mass is 28.4. The van der Waals surface area contributed by atoms with Crippen LogP contribution in [0.25, 0.3) is 22.3 Å². The van der Waals surface area contributed by atoms with Crippen molar-refractivity contribution >= 4 is 110 Å². The van der Waals surface area contributed by atoms with E-state index < -0.39 is 53.1 Å². The van der Waals surface area contributed by atoms with Gasteiger partial charge in [0, 0.05) is 98.0 Å². The van der Waals surface area contributed by atoms with E-state index in [1.54, 1.807) is 132 Å². The number of nitrogens with one attached hydrogen (secondary N) is 4. The molecule has 4 aromatic carbocycles. The van der Waals surface area contributed by atoms with E-state index >= 15 is 0 Å². The lowest BCUT2D eigenvalue weighted by atomic mass is 9.95. The molecular formula is C104H132N16O20Si2. The number of hydrogen-bond acceptors (Lipinski definition) is 28. The lowest BCUT2D eigenvalue weighted by Gasteiger charge is -2.41. The molecule has 0 aliphatic carbocycles. The molecule has 8 amide bonds. The number of aliphatic hydroxyl groups excluding tert-OH is 2. The maximum absolute atomic E-state index is 14.1. The summed E-state index contributed by atoms with van der Waals surface area (Å²) in [5.74, 6) is 0.940. The molecule has 38 heteroatoms. The zero-order valence-corrected chi connectivity index (χ0v) is 86.2. The van der Waals surface area contributed by atoms with Gasteiger partial charge in [-0.15, -0.1) is 0 Å². The lowest BCUT2D eigenvalue weighted by molar-refractivity contribution is 0.0616. The Bertz CT molecular complexity index is 5730. The maximum atomic E-state index is 14.1. The fourth-order valence-electron chi connectivity index (χ4n) is 15.2. The van der Waals surface area contributed by atoms with E-state index in [2.05, 4.69) is 161 Å². The van der Waals surface area contributed by atoms with Crippen molar-refractivity contribution in [3.63, 3.8) is 0 Å². The minimum absolute atomic E-state index is 0.0174. The van der Waals surface area contributed by atoms with Gasteiger partial charge in [-0.1, -0.05) is 116 Å². The van der Waals surface area contributed by atoms with E-state index in [4.69, 9.17) is 46.7 Å². The molecule has 0 fully saturated rings. The molecule has 4 aliphatic rings. The molecule has 0 spiro atoms. The number of aliphatic hydroxyl groups is 2. The summed E-state index contributed by atoms with van der Waals surface area (Å²) in [4.78, 5) is 144. The molecule has 0 radical (unpaired) electrons. The zero-order chi connectivity index (χ0) is 104. The van der Waals surface area contributed by atoms with Crippen LogP contribution in [0.4, 0.5) is 41.9 Å². The number of rotatable bonds is 32. The molecule has 8 heterocycles. The Morgan fingerprint density at radius 2 is 0.655 bits per heavy atom. The SMILES string of the molecule is C=CCOC(=O)Nc1cc(C)c(OC)cc1C(=O)N1CC=C(c2cncnc2)C[C@H]1CO.C=CCOC(=O)Nc1cc(C)c(OC)cc1C(=O)N1CC=C(c2cncnc2)C[C@H]1CO[Si](C)(C)C(C)(C)C.C=CCOC(=O)Nc1cc(C)c(OC)cc1C(=O)N1CCC(c2cncnc2)=C[C@H]1CO.C=CCOC(=O)Nc1cc(C)c(OC)cc1C(=O)N1CCC(c2cncnc2)=C[C@H]1CO[Si](C)(C)C(C)(C)C. The predicted octanol–water partition coefficient (Wildman–Crippen LogP) is 17.3. The van der Waals surface area contributed by atoms with Crippen molar-refractivity contribution in [1.29, 1.82) is 0 Å². The predicted molar refractivity (Wildman–Crippen MR) is 550 cm³/mol. The number of nitrogens with zero attached hydrogens (tertiary/aromatic N) is 12. The average Bonchev–Trinajstić information content (AvgIpc) is 0.807. The van der Waals surface area contributed by atoms with Crippen LogP contribution in [0.15, 0.2) is 198 Å². The maximum Gasteiger partial charge on any atom is 0.411 e. The molecule has 12 rings (SSSR count). The first-order valence-corrected chi connectivity index (χ1v) is 52.0. The molecule has 0 bridgehead atoms. The Hall–Kier alpha value is -14.4. The van der Waals surface area contributed by atoms with Gasteiger partial charge < -0.3 is 76.6 Å². The van der Waals surface area contributed by atoms with Gasteiger partial charge in [-0.05, 0) is 183 Å². The highest BCUT2D eigenvalue weighted by Crippen LogP contribution is 2.42. The van der Waals surface area contributed by atoms with Crippen LogP contribution in [-0.4, -0.2) is 266 Å². The lowest BCUT2D eigenvalue weighted by Crippen LogP contribution is -2.49. The van der Waals surface area contributed by atoms with Gasteiger partial charge in [-0.2, -0.15) is 0 Å². The highest BCUT2D eigenvalue weighted by molar-refractivity contribution is 6.74. The molecule has 142 heavy (non-hydrogen) atoms. The highest BCUT2D eigenvalue weighted by Gasteiger charge is 2.43. The number of carbonyl (C=O) groups excluding carboxylic acids is 8. The third-order valence-electron chi connectivity index (χ3n) is 25.1. The van der Waals surface area contributed by atoms with Crippen LogP contribution in [0.2, 0.25) is 36.3 Å². The van der Waals surface area contributed by atoms with E-state index in [-0.39, 0.29) is 103 Å². The molecule has 4 aromatic heterocycles. The van der Waals surface area contributed by atoms with E-state index in [0.717, 1.165) is 66.8 Å². The van der Waals surface area contributed by atoms with Crippen molar-refractivity contribution in [1.82, 2.24) is 59.5 Å². The number of carbonyl (C=O) groups is 8. The molecule has 8 aromatic rings. The number of ether oxygens (including phenoxy) is 8.